The number of nitrogens with zero attached hydrogens (tertiary/aromatic N) is 2. The molecule has 0 bridgehead atoms. The minimum atomic E-state index is -3.81. The molecule has 0 aliphatic carbocycles. The Hall–Kier alpha value is -2.56. The van der Waals surface area contributed by atoms with Crippen LogP contribution >= 0.6 is 11.8 Å². The number of alkyl halides is 2. The lowest BCUT2D eigenvalue weighted by Crippen LogP contribution is -2.44. The third kappa shape index (κ3) is 3.64. The Kier molecular flexibility index (Phi) is 5.40. The highest BCUT2D eigenvalue weighted by molar-refractivity contribution is 6.23. The summed E-state index contributed by atoms with van der Waals surface area (Å²) in [5, 5.41) is 9.39. The highest BCUT2D eigenvalue weighted by Crippen LogP contribution is 2.44. The van der Waals surface area contributed by atoms with Gasteiger partial charge in [0.2, 0.25) is 6.23 Å². The molecule has 1 saturated heterocycles. The molecule has 1 unspecified atom stereocenters. The number of rotatable bonds is 5. The van der Waals surface area contributed by atoms with Gasteiger partial charge >= 0.3 is 17.6 Å². The SMILES string of the molecule is O=C(OC1[C@@H](CO)O[C@@H](n2ccc(NCl)nc2=O)C1(F)F)c1ccccc1. The van der Waals surface area contributed by atoms with Gasteiger partial charge in [0.25, 0.3) is 0 Å². The third-order valence-corrected chi connectivity index (χ3v) is 4.15. The summed E-state index contributed by atoms with van der Waals surface area (Å²) in [7, 11) is 0. The van der Waals surface area contributed by atoms with E-state index in [9.17, 15) is 23.5 Å². The number of aliphatic hydroxyl groups is 1. The van der Waals surface area contributed by atoms with Gasteiger partial charge in [-0.05, 0) is 18.2 Å². The van der Waals surface area contributed by atoms with Crippen LogP contribution in [0.1, 0.15) is 16.6 Å². The number of anilines is 1. The number of aromatic nitrogens is 2. The summed E-state index contributed by atoms with van der Waals surface area (Å²) in [4.78, 5) is 29.7. The quantitative estimate of drug-likeness (QED) is 0.579. The van der Waals surface area contributed by atoms with Crippen molar-refractivity contribution >= 4 is 23.6 Å². The maximum absolute atomic E-state index is 14.9. The molecule has 144 valence electrons. The van der Waals surface area contributed by atoms with Gasteiger partial charge in [0.05, 0.1) is 12.2 Å². The fourth-order valence-corrected chi connectivity index (χ4v) is 2.77. The molecule has 2 N–H and O–H groups in total. The average Bonchev–Trinajstić information content (AvgIpc) is 2.92. The van der Waals surface area contributed by atoms with Crippen molar-refractivity contribution in [2.75, 3.05) is 11.4 Å². The molecule has 2 aromatic rings. The van der Waals surface area contributed by atoms with Crippen molar-refractivity contribution in [2.24, 2.45) is 0 Å². The monoisotopic (exact) mass is 401 g/mol. The number of carbonyl (C=O) groups is 1. The predicted molar refractivity (Wildman–Crippen MR) is 89.6 cm³/mol. The average molecular weight is 402 g/mol. The van der Waals surface area contributed by atoms with Crippen LogP contribution in [0.25, 0.3) is 0 Å². The first-order valence-corrected chi connectivity index (χ1v) is 8.12. The second-order valence-corrected chi connectivity index (χ2v) is 5.86. The second kappa shape index (κ2) is 7.59. The number of benzene rings is 1. The number of hydrogen-bond donors (Lipinski definition) is 2. The summed E-state index contributed by atoms with van der Waals surface area (Å²) in [5.41, 5.74) is -0.998. The maximum Gasteiger partial charge on any atom is 0.351 e. The van der Waals surface area contributed by atoms with Crippen LogP contribution in [0.5, 0.6) is 0 Å². The zero-order chi connectivity index (χ0) is 19.6. The first-order chi connectivity index (χ1) is 12.9. The molecule has 1 aromatic carbocycles. The van der Waals surface area contributed by atoms with Crippen LogP contribution in [0.15, 0.2) is 47.4 Å². The zero-order valence-corrected chi connectivity index (χ0v) is 14.3. The van der Waals surface area contributed by atoms with E-state index in [4.69, 9.17) is 21.3 Å². The van der Waals surface area contributed by atoms with Gasteiger partial charge in [-0.3, -0.25) is 9.40 Å². The van der Waals surface area contributed by atoms with Gasteiger partial charge in [-0.15, -0.1) is 0 Å². The molecule has 0 saturated carbocycles. The second-order valence-electron chi connectivity index (χ2n) is 5.67. The number of aliphatic hydroxyl groups excluding tert-OH is 1. The van der Waals surface area contributed by atoms with E-state index in [-0.39, 0.29) is 11.4 Å². The topological polar surface area (TPSA) is 103 Å². The number of ether oxygens (including phenoxy) is 2. The van der Waals surface area contributed by atoms with Crippen LogP contribution in [0.2, 0.25) is 0 Å². The van der Waals surface area contributed by atoms with Gasteiger partial charge in [-0.1, -0.05) is 18.2 Å². The Balaban J connectivity index is 1.90. The van der Waals surface area contributed by atoms with Crippen molar-refractivity contribution in [1.82, 2.24) is 9.55 Å². The van der Waals surface area contributed by atoms with Crippen LogP contribution in [-0.2, 0) is 9.47 Å². The molecule has 3 rings (SSSR count). The molecule has 0 radical (unpaired) electrons. The van der Waals surface area contributed by atoms with E-state index in [1.54, 1.807) is 18.2 Å². The normalized spacial score (nSPS) is 23.8. The van der Waals surface area contributed by atoms with Crippen LogP contribution in [-0.4, -0.2) is 45.4 Å². The first-order valence-electron chi connectivity index (χ1n) is 7.74. The fraction of sp³-hybridized carbons (Fsp3) is 0.312. The molecule has 0 amide bonds. The molecule has 3 atom stereocenters. The van der Waals surface area contributed by atoms with E-state index in [0.29, 0.717) is 4.57 Å². The summed E-state index contributed by atoms with van der Waals surface area (Å²) in [5.74, 6) is -4.85. The lowest BCUT2D eigenvalue weighted by molar-refractivity contribution is -0.142. The first kappa shape index (κ1) is 19.2. The van der Waals surface area contributed by atoms with E-state index in [1.807, 2.05) is 0 Å². The molecule has 27 heavy (non-hydrogen) atoms. The van der Waals surface area contributed by atoms with E-state index < -0.39 is 42.6 Å². The third-order valence-electron chi connectivity index (χ3n) is 3.95. The molecule has 0 spiro atoms. The van der Waals surface area contributed by atoms with Gasteiger partial charge in [0.1, 0.15) is 11.9 Å². The summed E-state index contributed by atoms with van der Waals surface area (Å²) in [6.45, 7) is -0.845. The maximum atomic E-state index is 14.9. The van der Waals surface area contributed by atoms with Crippen molar-refractivity contribution in [2.45, 2.75) is 24.4 Å². The molecular formula is C16H14ClF2N3O5. The van der Waals surface area contributed by atoms with Gasteiger partial charge in [-0.25, -0.2) is 9.59 Å². The molecule has 1 aliphatic rings. The number of carbonyl (C=O) groups excluding carboxylic acids is 1. The summed E-state index contributed by atoms with van der Waals surface area (Å²) < 4.78 is 40.3. The molecule has 1 fully saturated rings. The Labute approximate surface area is 156 Å². The van der Waals surface area contributed by atoms with Crippen LogP contribution in [0.4, 0.5) is 14.6 Å². The Bertz CT molecular complexity index is 880. The van der Waals surface area contributed by atoms with Crippen molar-refractivity contribution in [3.8, 4) is 0 Å². The highest BCUT2D eigenvalue weighted by atomic mass is 35.5. The molecule has 1 aromatic heterocycles. The molecule has 8 nitrogen and oxygen atoms in total. The lowest BCUT2D eigenvalue weighted by Gasteiger charge is -2.24. The van der Waals surface area contributed by atoms with E-state index >= 15 is 0 Å². The van der Waals surface area contributed by atoms with Crippen molar-refractivity contribution in [3.05, 3.63) is 58.6 Å². The van der Waals surface area contributed by atoms with Gasteiger partial charge < -0.3 is 14.6 Å². The number of esters is 1. The summed E-state index contributed by atoms with van der Waals surface area (Å²) in [6, 6.07) is 8.72. The Morgan fingerprint density at radius 3 is 2.67 bits per heavy atom. The van der Waals surface area contributed by atoms with Crippen molar-refractivity contribution in [3.63, 3.8) is 0 Å². The van der Waals surface area contributed by atoms with E-state index in [2.05, 4.69) is 9.82 Å². The smallest absolute Gasteiger partial charge is 0.351 e. The fourth-order valence-electron chi connectivity index (χ4n) is 2.66. The largest absolute Gasteiger partial charge is 0.449 e. The summed E-state index contributed by atoms with van der Waals surface area (Å²) >= 11 is 5.32. The molecule has 1 aliphatic heterocycles. The minimum absolute atomic E-state index is 0.0370. The van der Waals surface area contributed by atoms with E-state index in [0.717, 1.165) is 6.20 Å². The van der Waals surface area contributed by atoms with Crippen molar-refractivity contribution < 1.29 is 28.2 Å². The van der Waals surface area contributed by atoms with Gasteiger partial charge in [0, 0.05) is 18.0 Å². The lowest BCUT2D eigenvalue weighted by atomic mass is 10.1. The van der Waals surface area contributed by atoms with Crippen LogP contribution in [0.3, 0.4) is 0 Å². The number of halogens is 3. The number of nitrogens with one attached hydrogen (secondary N) is 1. The van der Waals surface area contributed by atoms with E-state index in [1.165, 1.54) is 18.2 Å². The van der Waals surface area contributed by atoms with Crippen LogP contribution in [0, 0.1) is 0 Å². The minimum Gasteiger partial charge on any atom is -0.449 e. The standard InChI is InChI=1S/C16H14ClF2N3O5/c17-21-11-6-7-22(15(25)20-11)14-16(18,19)12(10(8-23)26-14)27-13(24)9-4-2-1-3-5-9/h1-7,10,12,14,23H,8H2,(H,20,21,25)/t10-,12?,14-/m1/s1. The van der Waals surface area contributed by atoms with Crippen LogP contribution < -0.4 is 10.5 Å². The van der Waals surface area contributed by atoms with Gasteiger partial charge in [0.15, 0.2) is 6.10 Å². The zero-order valence-electron chi connectivity index (χ0n) is 13.6. The number of hydrogen-bond acceptors (Lipinski definition) is 7. The van der Waals surface area contributed by atoms with Gasteiger partial charge in [-0.2, -0.15) is 13.8 Å². The molecule has 2 heterocycles. The molecular weight excluding hydrogens is 388 g/mol. The Morgan fingerprint density at radius 2 is 2.07 bits per heavy atom. The predicted octanol–water partition coefficient (Wildman–Crippen LogP) is 1.56. The Morgan fingerprint density at radius 1 is 1.37 bits per heavy atom. The molecule has 11 heteroatoms. The highest BCUT2D eigenvalue weighted by Gasteiger charge is 2.62. The summed E-state index contributed by atoms with van der Waals surface area (Å²) in [6.07, 6.45) is -4.74. The van der Waals surface area contributed by atoms with Crippen molar-refractivity contribution in [1.29, 1.82) is 0 Å².